The Morgan fingerprint density at radius 1 is 1.15 bits per heavy atom. The number of fused-ring (bicyclic) bond motifs is 3. The van der Waals surface area contributed by atoms with Crippen molar-refractivity contribution in [3.63, 3.8) is 0 Å². The van der Waals surface area contributed by atoms with Crippen molar-refractivity contribution < 1.29 is 14.3 Å². The molecule has 0 spiro atoms. The van der Waals surface area contributed by atoms with Crippen LogP contribution >= 0.6 is 11.3 Å². The standard InChI is InChI=1S/C25H27N3O4S/c29-17(16-32-18-7-2-1-3-8-18)13-28(14-19-9-6-12-31-19)15-22-26-24(30)23-20-10-4-5-11-21(20)33-25(23)27-22/h1-3,6-9,12,17,29H,4-5,10-11,13-16H2,(H,26,27,30)/t17-/m0/s1. The second-order valence-electron chi connectivity index (χ2n) is 8.43. The largest absolute Gasteiger partial charge is 0.491 e. The molecule has 172 valence electrons. The number of aromatic amines is 1. The first-order valence-corrected chi connectivity index (χ1v) is 12.1. The third-order valence-corrected chi connectivity index (χ3v) is 7.05. The predicted octanol–water partition coefficient (Wildman–Crippen LogP) is 3.90. The number of ether oxygens (including phenoxy) is 1. The van der Waals surface area contributed by atoms with Gasteiger partial charge in [-0.05, 0) is 55.5 Å². The average molecular weight is 466 g/mol. The normalized spacial score (nSPS) is 14.5. The van der Waals surface area contributed by atoms with Crippen molar-refractivity contribution in [2.45, 2.75) is 44.9 Å². The van der Waals surface area contributed by atoms with E-state index in [0.29, 0.717) is 31.2 Å². The topological polar surface area (TPSA) is 91.6 Å². The molecule has 3 heterocycles. The second-order valence-corrected chi connectivity index (χ2v) is 9.51. The molecule has 0 bridgehead atoms. The highest BCUT2D eigenvalue weighted by atomic mass is 32.1. The molecule has 0 radical (unpaired) electrons. The zero-order chi connectivity index (χ0) is 22.6. The van der Waals surface area contributed by atoms with Gasteiger partial charge in [-0.3, -0.25) is 9.69 Å². The second kappa shape index (κ2) is 9.91. The quantitative estimate of drug-likeness (QED) is 0.390. The molecule has 2 N–H and O–H groups in total. The number of benzene rings is 1. The molecule has 33 heavy (non-hydrogen) atoms. The zero-order valence-electron chi connectivity index (χ0n) is 18.3. The van der Waals surface area contributed by atoms with E-state index in [1.165, 1.54) is 16.9 Å². The summed E-state index contributed by atoms with van der Waals surface area (Å²) in [6, 6.07) is 13.2. The fourth-order valence-corrected chi connectivity index (χ4v) is 5.64. The number of aryl methyl sites for hydroxylation is 2. The fourth-order valence-electron chi connectivity index (χ4n) is 4.36. The summed E-state index contributed by atoms with van der Waals surface area (Å²) in [4.78, 5) is 24.8. The van der Waals surface area contributed by atoms with Crippen molar-refractivity contribution in [1.29, 1.82) is 0 Å². The van der Waals surface area contributed by atoms with Crippen molar-refractivity contribution in [2.75, 3.05) is 13.2 Å². The molecule has 3 aromatic heterocycles. The highest BCUT2D eigenvalue weighted by Crippen LogP contribution is 2.33. The van der Waals surface area contributed by atoms with E-state index in [-0.39, 0.29) is 12.2 Å². The lowest BCUT2D eigenvalue weighted by molar-refractivity contribution is 0.0595. The smallest absolute Gasteiger partial charge is 0.259 e. The number of nitrogens with zero attached hydrogens (tertiary/aromatic N) is 2. The minimum Gasteiger partial charge on any atom is -0.491 e. The molecule has 1 aliphatic rings. The maximum Gasteiger partial charge on any atom is 0.259 e. The molecule has 0 unspecified atom stereocenters. The van der Waals surface area contributed by atoms with Crippen LogP contribution in [0.5, 0.6) is 5.75 Å². The van der Waals surface area contributed by atoms with Crippen molar-refractivity contribution in [3.05, 3.63) is 81.1 Å². The molecular weight excluding hydrogens is 438 g/mol. The van der Waals surface area contributed by atoms with Crippen LogP contribution < -0.4 is 10.3 Å². The fraction of sp³-hybridized carbons (Fsp3) is 0.360. The van der Waals surface area contributed by atoms with Gasteiger partial charge in [0.25, 0.3) is 5.56 Å². The Labute approximate surface area is 195 Å². The Hall–Kier alpha value is -2.94. The van der Waals surface area contributed by atoms with Gasteiger partial charge in [0.2, 0.25) is 0 Å². The number of para-hydroxylation sites is 1. The molecule has 4 aromatic rings. The van der Waals surface area contributed by atoms with E-state index in [1.54, 1.807) is 17.6 Å². The summed E-state index contributed by atoms with van der Waals surface area (Å²) < 4.78 is 11.2. The number of aromatic nitrogens is 2. The van der Waals surface area contributed by atoms with Gasteiger partial charge in [0, 0.05) is 11.4 Å². The Morgan fingerprint density at radius 3 is 2.82 bits per heavy atom. The monoisotopic (exact) mass is 465 g/mol. The number of hydrogen-bond acceptors (Lipinski definition) is 7. The van der Waals surface area contributed by atoms with E-state index in [1.807, 2.05) is 47.4 Å². The van der Waals surface area contributed by atoms with Gasteiger partial charge in [-0.1, -0.05) is 18.2 Å². The molecule has 1 atom stereocenters. The molecule has 0 saturated carbocycles. The molecule has 0 amide bonds. The number of furan rings is 1. The number of rotatable bonds is 9. The number of thiophene rings is 1. The Morgan fingerprint density at radius 2 is 2.00 bits per heavy atom. The van der Waals surface area contributed by atoms with Crippen LogP contribution in [0.15, 0.2) is 57.9 Å². The maximum atomic E-state index is 12.9. The minimum atomic E-state index is -0.718. The number of nitrogens with one attached hydrogen (secondary N) is 1. The van der Waals surface area contributed by atoms with Crippen molar-refractivity contribution in [2.24, 2.45) is 0 Å². The lowest BCUT2D eigenvalue weighted by Gasteiger charge is -2.24. The number of aliphatic hydroxyl groups is 1. The average Bonchev–Trinajstić information content (AvgIpc) is 3.46. The minimum absolute atomic E-state index is 0.0692. The van der Waals surface area contributed by atoms with E-state index >= 15 is 0 Å². The van der Waals surface area contributed by atoms with Gasteiger partial charge in [-0.15, -0.1) is 11.3 Å². The van der Waals surface area contributed by atoms with E-state index in [0.717, 1.165) is 35.2 Å². The van der Waals surface area contributed by atoms with Crippen molar-refractivity contribution >= 4 is 21.6 Å². The molecule has 1 aromatic carbocycles. The lowest BCUT2D eigenvalue weighted by Crippen LogP contribution is -2.35. The van der Waals surface area contributed by atoms with Crippen LogP contribution in [0.25, 0.3) is 10.2 Å². The van der Waals surface area contributed by atoms with Crippen LogP contribution in [-0.2, 0) is 25.9 Å². The van der Waals surface area contributed by atoms with Gasteiger partial charge in [-0.25, -0.2) is 4.98 Å². The first kappa shape index (κ1) is 21.9. The lowest BCUT2D eigenvalue weighted by atomic mass is 9.97. The third kappa shape index (κ3) is 5.19. The van der Waals surface area contributed by atoms with Crippen molar-refractivity contribution in [3.8, 4) is 5.75 Å². The van der Waals surface area contributed by atoms with E-state index in [9.17, 15) is 9.90 Å². The molecule has 8 heteroatoms. The zero-order valence-corrected chi connectivity index (χ0v) is 19.1. The van der Waals surface area contributed by atoms with E-state index in [4.69, 9.17) is 14.1 Å². The SMILES string of the molecule is O=c1[nH]c(CN(Cc2ccco2)C[C@H](O)COc2ccccc2)nc2sc3c(c12)CCCC3. The number of hydrogen-bond donors (Lipinski definition) is 2. The molecule has 1 aliphatic carbocycles. The first-order chi connectivity index (χ1) is 16.2. The molecule has 5 rings (SSSR count). The van der Waals surface area contributed by atoms with Gasteiger partial charge in [0.05, 0.1) is 24.7 Å². The Balaban J connectivity index is 1.33. The van der Waals surface area contributed by atoms with Gasteiger partial charge < -0.3 is 19.2 Å². The van der Waals surface area contributed by atoms with Gasteiger partial charge >= 0.3 is 0 Å². The Kier molecular flexibility index (Phi) is 6.57. The van der Waals surface area contributed by atoms with Gasteiger partial charge in [0.15, 0.2) is 0 Å². The predicted molar refractivity (Wildman–Crippen MR) is 128 cm³/mol. The van der Waals surface area contributed by atoms with Crippen LogP contribution in [0.3, 0.4) is 0 Å². The first-order valence-electron chi connectivity index (χ1n) is 11.3. The van der Waals surface area contributed by atoms with E-state index < -0.39 is 6.10 Å². The molecule has 7 nitrogen and oxygen atoms in total. The molecular formula is C25H27N3O4S. The Bertz CT molecular complexity index is 1250. The number of aliphatic hydroxyl groups excluding tert-OH is 1. The molecule has 0 aliphatic heterocycles. The number of H-pyrrole nitrogens is 1. The highest BCUT2D eigenvalue weighted by molar-refractivity contribution is 7.18. The van der Waals surface area contributed by atoms with Crippen molar-refractivity contribution in [1.82, 2.24) is 14.9 Å². The van der Waals surface area contributed by atoms with Gasteiger partial charge in [-0.2, -0.15) is 0 Å². The van der Waals surface area contributed by atoms with Gasteiger partial charge in [0.1, 0.15) is 34.9 Å². The van der Waals surface area contributed by atoms with Crippen LogP contribution in [0.1, 0.15) is 34.9 Å². The summed E-state index contributed by atoms with van der Waals surface area (Å²) in [7, 11) is 0. The van der Waals surface area contributed by atoms with Crippen LogP contribution in [0, 0.1) is 0 Å². The summed E-state index contributed by atoms with van der Waals surface area (Å²) in [6.45, 7) is 1.38. The third-order valence-electron chi connectivity index (χ3n) is 5.86. The summed E-state index contributed by atoms with van der Waals surface area (Å²) in [5.41, 5.74) is 1.11. The maximum absolute atomic E-state index is 12.9. The summed E-state index contributed by atoms with van der Waals surface area (Å²) in [5.74, 6) is 2.09. The summed E-state index contributed by atoms with van der Waals surface area (Å²) in [5, 5.41) is 11.4. The van der Waals surface area contributed by atoms with E-state index in [2.05, 4.69) is 4.98 Å². The summed E-state index contributed by atoms with van der Waals surface area (Å²) in [6.07, 6.45) is 5.19. The highest BCUT2D eigenvalue weighted by Gasteiger charge is 2.21. The molecule has 0 fully saturated rings. The molecule has 0 saturated heterocycles. The summed E-state index contributed by atoms with van der Waals surface area (Å²) >= 11 is 1.64. The van der Waals surface area contributed by atoms with Crippen LogP contribution in [0.4, 0.5) is 0 Å². The van der Waals surface area contributed by atoms with Crippen LogP contribution in [0.2, 0.25) is 0 Å². The van der Waals surface area contributed by atoms with Crippen LogP contribution in [-0.4, -0.2) is 39.2 Å².